The van der Waals surface area contributed by atoms with Gasteiger partial charge in [-0.2, -0.15) is 0 Å². The molecular formula is C17H30N8O4. The van der Waals surface area contributed by atoms with Crippen molar-refractivity contribution in [2.24, 2.45) is 28.1 Å². The monoisotopic (exact) mass is 410 g/mol. The van der Waals surface area contributed by atoms with Gasteiger partial charge in [0.15, 0.2) is 5.96 Å². The van der Waals surface area contributed by atoms with Crippen LogP contribution < -0.4 is 27.8 Å². The molecule has 1 aromatic rings. The first-order valence-electron chi connectivity index (χ1n) is 9.23. The third kappa shape index (κ3) is 8.60. The molecule has 10 N–H and O–H groups in total. The zero-order valence-corrected chi connectivity index (χ0v) is 16.6. The summed E-state index contributed by atoms with van der Waals surface area (Å²) in [6, 6.07) is -2.98. The number of carbonyl (C=O) groups is 3. The molecule has 0 saturated heterocycles. The molecule has 0 radical (unpaired) electrons. The lowest BCUT2D eigenvalue weighted by atomic mass is 10.0. The lowest BCUT2D eigenvalue weighted by molar-refractivity contribution is -0.142. The summed E-state index contributed by atoms with van der Waals surface area (Å²) in [4.78, 5) is 47.1. The van der Waals surface area contributed by atoms with E-state index in [1.807, 2.05) is 0 Å². The highest BCUT2D eigenvalue weighted by atomic mass is 16.4. The van der Waals surface area contributed by atoms with Crippen LogP contribution in [0.25, 0.3) is 0 Å². The van der Waals surface area contributed by atoms with Gasteiger partial charge in [-0.3, -0.25) is 14.6 Å². The summed E-state index contributed by atoms with van der Waals surface area (Å²) in [6.45, 7) is 3.80. The number of H-pyrrole nitrogens is 1. The molecule has 29 heavy (non-hydrogen) atoms. The maximum absolute atomic E-state index is 12.7. The Morgan fingerprint density at radius 2 is 1.86 bits per heavy atom. The fourth-order valence-electron chi connectivity index (χ4n) is 2.43. The topological polar surface area (TPSA) is 215 Å². The van der Waals surface area contributed by atoms with Gasteiger partial charge in [-0.15, -0.1) is 0 Å². The standard InChI is InChI=1S/C17H30N8O4/c1-9(2)13(18)15(27)25-12(6-10-7-21-8-23-10)14(26)24-11(16(28)29)4-3-5-22-17(19)20/h7-9,11-13H,3-6,18H2,1-2H3,(H,21,23)(H,24,26)(H,25,27)(H,28,29)(H4,19,20,22)/t11-,12-,13-/m0/s1. The highest BCUT2D eigenvalue weighted by Crippen LogP contribution is 2.05. The minimum absolute atomic E-state index is 0.0928. The number of rotatable bonds is 12. The number of carboxylic acid groups (broad SMARTS) is 1. The molecule has 162 valence electrons. The van der Waals surface area contributed by atoms with Crippen molar-refractivity contribution in [2.75, 3.05) is 6.54 Å². The van der Waals surface area contributed by atoms with Gasteiger partial charge in [0.05, 0.1) is 12.4 Å². The van der Waals surface area contributed by atoms with Crippen molar-refractivity contribution >= 4 is 23.7 Å². The Kier molecular flexibility index (Phi) is 9.59. The number of carboxylic acids is 1. The van der Waals surface area contributed by atoms with Crippen molar-refractivity contribution in [1.29, 1.82) is 0 Å². The van der Waals surface area contributed by atoms with Crippen molar-refractivity contribution in [2.45, 2.75) is 51.2 Å². The number of aliphatic carboxylic acids is 1. The highest BCUT2D eigenvalue weighted by Gasteiger charge is 2.29. The molecule has 0 saturated carbocycles. The number of nitrogens with zero attached hydrogens (tertiary/aromatic N) is 2. The van der Waals surface area contributed by atoms with Crippen LogP contribution in [0.15, 0.2) is 17.5 Å². The van der Waals surface area contributed by atoms with E-state index in [1.54, 1.807) is 13.8 Å². The largest absolute Gasteiger partial charge is 0.480 e. The van der Waals surface area contributed by atoms with Crippen LogP contribution in [-0.2, 0) is 20.8 Å². The van der Waals surface area contributed by atoms with E-state index in [1.165, 1.54) is 12.5 Å². The molecule has 3 atom stereocenters. The zero-order chi connectivity index (χ0) is 22.0. The van der Waals surface area contributed by atoms with Gasteiger partial charge < -0.3 is 37.9 Å². The number of imidazole rings is 1. The first kappa shape index (κ1) is 23.9. The van der Waals surface area contributed by atoms with E-state index in [9.17, 15) is 19.5 Å². The second-order valence-electron chi connectivity index (χ2n) is 6.96. The summed E-state index contributed by atoms with van der Waals surface area (Å²) in [5.74, 6) is -2.57. The van der Waals surface area contributed by atoms with E-state index in [0.717, 1.165) is 0 Å². The summed E-state index contributed by atoms with van der Waals surface area (Å²) in [5.41, 5.74) is 16.9. The van der Waals surface area contributed by atoms with E-state index in [4.69, 9.17) is 17.2 Å². The number of carbonyl (C=O) groups excluding carboxylic acids is 2. The number of guanidine groups is 1. The average molecular weight is 410 g/mol. The Balaban J connectivity index is 2.83. The van der Waals surface area contributed by atoms with Crippen molar-refractivity contribution in [3.8, 4) is 0 Å². The minimum atomic E-state index is -1.20. The Morgan fingerprint density at radius 3 is 2.38 bits per heavy atom. The van der Waals surface area contributed by atoms with Crippen molar-refractivity contribution in [3.05, 3.63) is 18.2 Å². The molecule has 0 spiro atoms. The fourth-order valence-corrected chi connectivity index (χ4v) is 2.43. The van der Waals surface area contributed by atoms with Crippen LogP contribution >= 0.6 is 0 Å². The number of amides is 2. The van der Waals surface area contributed by atoms with Crippen molar-refractivity contribution < 1.29 is 19.5 Å². The fraction of sp³-hybridized carbons (Fsp3) is 0.588. The third-order valence-corrected chi connectivity index (χ3v) is 4.19. The predicted octanol–water partition coefficient (Wildman–Crippen LogP) is -1.96. The van der Waals surface area contributed by atoms with Gasteiger partial charge in [0.1, 0.15) is 12.1 Å². The quantitative estimate of drug-likeness (QED) is 0.116. The summed E-state index contributed by atoms with van der Waals surface area (Å²) in [6.07, 6.45) is 3.52. The van der Waals surface area contributed by atoms with Gasteiger partial charge in [0.25, 0.3) is 0 Å². The molecule has 1 heterocycles. The summed E-state index contributed by atoms with van der Waals surface area (Å²) in [5, 5.41) is 14.4. The smallest absolute Gasteiger partial charge is 0.326 e. The van der Waals surface area contributed by atoms with Gasteiger partial charge in [-0.25, -0.2) is 9.78 Å². The summed E-state index contributed by atoms with van der Waals surface area (Å²) >= 11 is 0. The van der Waals surface area contributed by atoms with E-state index >= 15 is 0 Å². The van der Waals surface area contributed by atoms with Gasteiger partial charge in [-0.1, -0.05) is 13.8 Å². The first-order chi connectivity index (χ1) is 13.6. The number of aromatic nitrogens is 2. The molecule has 0 aromatic carbocycles. The summed E-state index contributed by atoms with van der Waals surface area (Å²) < 4.78 is 0. The normalized spacial score (nSPS) is 13.9. The zero-order valence-electron chi connectivity index (χ0n) is 16.6. The summed E-state index contributed by atoms with van der Waals surface area (Å²) in [7, 11) is 0. The Labute approximate surface area is 168 Å². The van der Waals surface area contributed by atoms with Crippen LogP contribution in [-0.4, -0.2) is 63.5 Å². The van der Waals surface area contributed by atoms with E-state index in [2.05, 4.69) is 25.6 Å². The number of aliphatic imine (C=N–C) groups is 1. The van der Waals surface area contributed by atoms with E-state index < -0.39 is 35.9 Å². The van der Waals surface area contributed by atoms with Crippen LogP contribution in [0, 0.1) is 5.92 Å². The lowest BCUT2D eigenvalue weighted by Crippen LogP contribution is -2.56. The van der Waals surface area contributed by atoms with E-state index in [-0.39, 0.29) is 31.3 Å². The third-order valence-electron chi connectivity index (χ3n) is 4.19. The lowest BCUT2D eigenvalue weighted by Gasteiger charge is -2.23. The Morgan fingerprint density at radius 1 is 1.21 bits per heavy atom. The molecule has 0 aliphatic rings. The van der Waals surface area contributed by atoms with E-state index in [0.29, 0.717) is 12.1 Å². The number of aromatic amines is 1. The number of hydrogen-bond acceptors (Lipinski definition) is 6. The van der Waals surface area contributed by atoms with Gasteiger partial charge in [-0.05, 0) is 18.8 Å². The van der Waals surface area contributed by atoms with Crippen LogP contribution in [0.5, 0.6) is 0 Å². The molecule has 0 fully saturated rings. The predicted molar refractivity (Wildman–Crippen MR) is 107 cm³/mol. The highest BCUT2D eigenvalue weighted by molar-refractivity contribution is 5.92. The SMILES string of the molecule is CC(C)[C@H](N)C(=O)N[C@@H](Cc1cnc[nH]1)C(=O)N[C@@H](CCCN=C(N)N)C(=O)O. The van der Waals surface area contributed by atoms with Gasteiger partial charge in [0.2, 0.25) is 11.8 Å². The van der Waals surface area contributed by atoms with Crippen LogP contribution in [0.4, 0.5) is 0 Å². The van der Waals surface area contributed by atoms with Crippen LogP contribution in [0.1, 0.15) is 32.4 Å². The molecule has 0 unspecified atom stereocenters. The molecule has 12 nitrogen and oxygen atoms in total. The molecule has 1 rings (SSSR count). The molecule has 0 aliphatic heterocycles. The number of nitrogens with two attached hydrogens (primary N) is 3. The molecule has 0 aliphatic carbocycles. The second kappa shape index (κ2) is 11.6. The number of nitrogens with one attached hydrogen (secondary N) is 3. The van der Waals surface area contributed by atoms with Gasteiger partial charge in [0, 0.05) is 24.9 Å². The Bertz CT molecular complexity index is 700. The van der Waals surface area contributed by atoms with Crippen LogP contribution in [0.2, 0.25) is 0 Å². The van der Waals surface area contributed by atoms with Crippen LogP contribution in [0.3, 0.4) is 0 Å². The maximum Gasteiger partial charge on any atom is 0.326 e. The minimum Gasteiger partial charge on any atom is -0.480 e. The molecule has 0 bridgehead atoms. The van der Waals surface area contributed by atoms with Crippen molar-refractivity contribution in [3.63, 3.8) is 0 Å². The molecule has 12 heteroatoms. The molecular weight excluding hydrogens is 380 g/mol. The van der Waals surface area contributed by atoms with Crippen molar-refractivity contribution in [1.82, 2.24) is 20.6 Å². The molecule has 1 aromatic heterocycles. The molecule has 2 amide bonds. The first-order valence-corrected chi connectivity index (χ1v) is 9.23. The Hall–Kier alpha value is -3.15. The number of hydrogen-bond donors (Lipinski definition) is 7. The average Bonchev–Trinajstić information content (AvgIpc) is 3.15. The van der Waals surface area contributed by atoms with Gasteiger partial charge >= 0.3 is 5.97 Å². The maximum atomic E-state index is 12.7. The second-order valence-corrected chi connectivity index (χ2v) is 6.96.